The molecular formula is C7H8BrN3O. The summed E-state index contributed by atoms with van der Waals surface area (Å²) >= 11 is 3.24. The first-order chi connectivity index (χ1) is 5.59. The van der Waals surface area contributed by atoms with E-state index in [9.17, 15) is 4.79 Å². The van der Waals surface area contributed by atoms with E-state index in [2.05, 4.69) is 26.2 Å². The minimum atomic E-state index is -0.585. The summed E-state index contributed by atoms with van der Waals surface area (Å²) in [6.45, 7) is 1.88. The van der Waals surface area contributed by atoms with Gasteiger partial charge in [-0.2, -0.15) is 0 Å². The third kappa shape index (κ3) is 2.20. The summed E-state index contributed by atoms with van der Waals surface area (Å²) in [7, 11) is 0. The van der Waals surface area contributed by atoms with Crippen molar-refractivity contribution < 1.29 is 4.79 Å². The second-order valence-electron chi connectivity index (χ2n) is 2.32. The predicted octanol–water partition coefficient (Wildman–Crippen LogP) is 1.64. The average Bonchev–Trinajstić information content (AvgIpc) is 1.96. The molecule has 12 heavy (non-hydrogen) atoms. The molecule has 5 heteroatoms. The lowest BCUT2D eigenvalue weighted by molar-refractivity contribution is 0.259. The molecule has 0 unspecified atom stereocenters. The Hall–Kier alpha value is -1.10. The number of nitrogens with one attached hydrogen (secondary N) is 1. The van der Waals surface area contributed by atoms with Gasteiger partial charge >= 0.3 is 6.03 Å². The molecule has 64 valence electrons. The first-order valence-electron chi connectivity index (χ1n) is 3.28. The highest BCUT2D eigenvalue weighted by molar-refractivity contribution is 9.10. The SMILES string of the molecule is Cc1cc(NC(N)=O)cnc1Br. The highest BCUT2D eigenvalue weighted by atomic mass is 79.9. The Morgan fingerprint density at radius 1 is 1.75 bits per heavy atom. The molecule has 4 nitrogen and oxygen atoms in total. The predicted molar refractivity (Wildman–Crippen MR) is 49.9 cm³/mol. The molecule has 1 heterocycles. The second-order valence-corrected chi connectivity index (χ2v) is 3.07. The van der Waals surface area contributed by atoms with Crippen molar-refractivity contribution >= 4 is 27.6 Å². The van der Waals surface area contributed by atoms with Gasteiger partial charge in [0.1, 0.15) is 4.60 Å². The molecule has 0 aromatic carbocycles. The summed E-state index contributed by atoms with van der Waals surface area (Å²) < 4.78 is 0.762. The fraction of sp³-hybridized carbons (Fsp3) is 0.143. The summed E-state index contributed by atoms with van der Waals surface area (Å²) in [5.74, 6) is 0. The van der Waals surface area contributed by atoms with E-state index in [1.165, 1.54) is 6.20 Å². The first kappa shape index (κ1) is 8.99. The Bertz CT molecular complexity index is 314. The lowest BCUT2D eigenvalue weighted by Crippen LogP contribution is -2.19. The van der Waals surface area contributed by atoms with Crippen LogP contribution in [-0.2, 0) is 0 Å². The number of aryl methyl sites for hydroxylation is 1. The van der Waals surface area contributed by atoms with E-state index in [-0.39, 0.29) is 0 Å². The zero-order valence-electron chi connectivity index (χ0n) is 6.47. The maximum absolute atomic E-state index is 10.4. The van der Waals surface area contributed by atoms with E-state index >= 15 is 0 Å². The van der Waals surface area contributed by atoms with Crippen molar-refractivity contribution in [1.29, 1.82) is 0 Å². The van der Waals surface area contributed by atoms with Crippen LogP contribution in [-0.4, -0.2) is 11.0 Å². The minimum Gasteiger partial charge on any atom is -0.351 e. The standard InChI is InChI=1S/C7H8BrN3O/c1-4-2-5(11-7(9)12)3-10-6(4)8/h2-3H,1H3,(H3,9,11,12). The normalized spacial score (nSPS) is 9.50. The molecule has 0 bridgehead atoms. The maximum atomic E-state index is 10.4. The van der Waals surface area contributed by atoms with Crippen LogP contribution in [0.2, 0.25) is 0 Å². The van der Waals surface area contributed by atoms with Gasteiger partial charge in [-0.3, -0.25) is 0 Å². The number of primary amides is 1. The number of rotatable bonds is 1. The molecule has 0 radical (unpaired) electrons. The van der Waals surface area contributed by atoms with Gasteiger partial charge in [0, 0.05) is 0 Å². The molecule has 3 N–H and O–H groups in total. The number of carbonyl (C=O) groups is 1. The van der Waals surface area contributed by atoms with E-state index in [1.807, 2.05) is 6.92 Å². The average molecular weight is 230 g/mol. The number of halogens is 1. The van der Waals surface area contributed by atoms with Gasteiger partial charge in [-0.1, -0.05) is 0 Å². The summed E-state index contributed by atoms with van der Waals surface area (Å²) in [4.78, 5) is 14.4. The van der Waals surface area contributed by atoms with E-state index in [0.29, 0.717) is 5.69 Å². The smallest absolute Gasteiger partial charge is 0.316 e. The number of urea groups is 1. The van der Waals surface area contributed by atoms with Crippen LogP contribution in [0.15, 0.2) is 16.9 Å². The first-order valence-corrected chi connectivity index (χ1v) is 4.07. The van der Waals surface area contributed by atoms with Crippen LogP contribution < -0.4 is 11.1 Å². The van der Waals surface area contributed by atoms with Crippen molar-refractivity contribution in [3.05, 3.63) is 22.4 Å². The zero-order chi connectivity index (χ0) is 9.14. The quantitative estimate of drug-likeness (QED) is 0.720. The molecule has 1 aromatic rings. The maximum Gasteiger partial charge on any atom is 0.316 e. The van der Waals surface area contributed by atoms with Crippen molar-refractivity contribution in [3.63, 3.8) is 0 Å². The van der Waals surface area contributed by atoms with Crippen LogP contribution in [0.25, 0.3) is 0 Å². The highest BCUT2D eigenvalue weighted by Crippen LogP contribution is 2.16. The van der Waals surface area contributed by atoms with E-state index in [0.717, 1.165) is 10.2 Å². The monoisotopic (exact) mass is 229 g/mol. The molecule has 1 rings (SSSR count). The molecule has 0 aliphatic carbocycles. The van der Waals surface area contributed by atoms with Crippen LogP contribution in [0.1, 0.15) is 5.56 Å². The lowest BCUT2D eigenvalue weighted by atomic mass is 10.3. The van der Waals surface area contributed by atoms with Crippen molar-refractivity contribution in [2.75, 3.05) is 5.32 Å². The van der Waals surface area contributed by atoms with Gasteiger partial charge in [0.2, 0.25) is 0 Å². The summed E-state index contributed by atoms with van der Waals surface area (Å²) in [5, 5.41) is 2.43. The Labute approximate surface area is 78.3 Å². The summed E-state index contributed by atoms with van der Waals surface area (Å²) in [6, 6.07) is 1.19. The van der Waals surface area contributed by atoms with Gasteiger partial charge in [0.25, 0.3) is 0 Å². The number of hydrogen-bond donors (Lipinski definition) is 2. The van der Waals surface area contributed by atoms with Gasteiger partial charge in [-0.15, -0.1) is 0 Å². The fourth-order valence-electron chi connectivity index (χ4n) is 0.769. The van der Waals surface area contributed by atoms with Gasteiger partial charge in [-0.25, -0.2) is 9.78 Å². The third-order valence-electron chi connectivity index (χ3n) is 1.28. The highest BCUT2D eigenvalue weighted by Gasteiger charge is 1.99. The van der Waals surface area contributed by atoms with Crippen LogP contribution in [0.5, 0.6) is 0 Å². The number of hydrogen-bond acceptors (Lipinski definition) is 2. The molecule has 2 amide bonds. The summed E-state index contributed by atoms with van der Waals surface area (Å²) in [5.41, 5.74) is 6.47. The van der Waals surface area contributed by atoms with Gasteiger partial charge in [0.05, 0.1) is 11.9 Å². The third-order valence-corrected chi connectivity index (χ3v) is 2.11. The van der Waals surface area contributed by atoms with Crippen molar-refractivity contribution in [3.8, 4) is 0 Å². The van der Waals surface area contributed by atoms with E-state index in [1.54, 1.807) is 6.07 Å². The fourth-order valence-corrected chi connectivity index (χ4v) is 0.986. The van der Waals surface area contributed by atoms with Crippen molar-refractivity contribution in [2.45, 2.75) is 6.92 Å². The van der Waals surface area contributed by atoms with Crippen molar-refractivity contribution in [2.24, 2.45) is 5.73 Å². The topological polar surface area (TPSA) is 68.0 Å². The number of amides is 2. The molecule has 0 aliphatic rings. The number of carbonyl (C=O) groups excluding carboxylic acids is 1. The van der Waals surface area contributed by atoms with Gasteiger partial charge < -0.3 is 11.1 Å². The molecule has 0 fully saturated rings. The number of nitrogens with zero attached hydrogens (tertiary/aromatic N) is 1. The largest absolute Gasteiger partial charge is 0.351 e. The zero-order valence-corrected chi connectivity index (χ0v) is 8.05. The van der Waals surface area contributed by atoms with Crippen LogP contribution >= 0.6 is 15.9 Å². The van der Waals surface area contributed by atoms with Crippen LogP contribution in [0.4, 0.5) is 10.5 Å². The Morgan fingerprint density at radius 2 is 2.42 bits per heavy atom. The lowest BCUT2D eigenvalue weighted by Gasteiger charge is -2.02. The number of aromatic nitrogens is 1. The Balaban J connectivity index is 2.89. The molecule has 0 aliphatic heterocycles. The van der Waals surface area contributed by atoms with E-state index < -0.39 is 6.03 Å². The molecular weight excluding hydrogens is 222 g/mol. The molecule has 0 spiro atoms. The number of nitrogens with two attached hydrogens (primary N) is 1. The molecule has 1 aromatic heterocycles. The molecule has 0 atom stereocenters. The summed E-state index contributed by atoms with van der Waals surface area (Å²) in [6.07, 6.45) is 1.53. The number of anilines is 1. The second kappa shape index (κ2) is 3.53. The van der Waals surface area contributed by atoms with Gasteiger partial charge in [0.15, 0.2) is 0 Å². The Morgan fingerprint density at radius 3 is 2.92 bits per heavy atom. The minimum absolute atomic E-state index is 0.585. The molecule has 0 saturated heterocycles. The number of pyridine rings is 1. The van der Waals surface area contributed by atoms with Gasteiger partial charge in [-0.05, 0) is 34.5 Å². The van der Waals surface area contributed by atoms with Crippen LogP contribution in [0.3, 0.4) is 0 Å². The molecule has 0 saturated carbocycles. The Kier molecular flexibility index (Phi) is 2.65. The van der Waals surface area contributed by atoms with Crippen LogP contribution in [0, 0.1) is 6.92 Å². The van der Waals surface area contributed by atoms with Crippen molar-refractivity contribution in [1.82, 2.24) is 4.98 Å². The van der Waals surface area contributed by atoms with E-state index in [4.69, 9.17) is 5.73 Å².